The number of hydrogen-bond donors (Lipinski definition) is 2. The number of nitriles is 1. The van der Waals surface area contributed by atoms with E-state index in [0.29, 0.717) is 24.5 Å². The van der Waals surface area contributed by atoms with Crippen molar-refractivity contribution >= 4 is 23.2 Å². The molecule has 2 amide bonds. The summed E-state index contributed by atoms with van der Waals surface area (Å²) in [6.45, 7) is 6.81. The predicted octanol–water partition coefficient (Wildman–Crippen LogP) is 4.99. The smallest absolute Gasteiger partial charge is 0.248 e. The average Bonchev–Trinajstić information content (AvgIpc) is 3.41. The van der Waals surface area contributed by atoms with Crippen LogP contribution in [0.2, 0.25) is 0 Å². The normalized spacial score (nSPS) is 21.9. The molecule has 0 saturated carbocycles. The third-order valence-electron chi connectivity index (χ3n) is 7.07. The maximum Gasteiger partial charge on any atom is 0.248 e. The molecule has 3 heterocycles. The Kier molecular flexibility index (Phi) is 8.52. The van der Waals surface area contributed by atoms with Gasteiger partial charge in [-0.15, -0.1) is 0 Å². The number of likely N-dealkylation sites (tertiary alicyclic amines) is 1. The Morgan fingerprint density at radius 2 is 1.89 bits per heavy atom. The van der Waals surface area contributed by atoms with Crippen LogP contribution in [0.15, 0.2) is 54.6 Å². The van der Waals surface area contributed by atoms with Gasteiger partial charge in [0.2, 0.25) is 11.8 Å². The number of benzene rings is 2. The zero-order chi connectivity index (χ0) is 25.5. The molecule has 36 heavy (non-hydrogen) atoms. The molecule has 2 fully saturated rings. The van der Waals surface area contributed by atoms with E-state index in [4.69, 9.17) is 4.74 Å². The number of piperidine rings is 1. The molecule has 188 valence electrons. The fourth-order valence-electron chi connectivity index (χ4n) is 5.20. The van der Waals surface area contributed by atoms with E-state index < -0.39 is 0 Å². The second-order valence-electron chi connectivity index (χ2n) is 9.15. The molecule has 0 spiro atoms. The third-order valence-corrected chi connectivity index (χ3v) is 7.07. The van der Waals surface area contributed by atoms with Gasteiger partial charge in [-0.1, -0.05) is 44.2 Å². The molecule has 2 unspecified atom stereocenters. The highest BCUT2D eigenvalue weighted by atomic mass is 16.5. The zero-order valence-electron chi connectivity index (χ0n) is 21.0. The second-order valence-corrected chi connectivity index (χ2v) is 9.15. The van der Waals surface area contributed by atoms with Crippen LogP contribution in [0.1, 0.15) is 61.8 Å². The van der Waals surface area contributed by atoms with Crippen LogP contribution < -0.4 is 10.6 Å². The lowest BCUT2D eigenvalue weighted by Gasteiger charge is -2.37. The van der Waals surface area contributed by atoms with E-state index in [1.165, 1.54) is 0 Å². The van der Waals surface area contributed by atoms with Crippen LogP contribution in [0, 0.1) is 17.2 Å². The number of para-hydroxylation sites is 1. The fourth-order valence-corrected chi connectivity index (χ4v) is 5.20. The fraction of sp³-hybridized carbons (Fsp3) is 0.414. The molecule has 3 aliphatic rings. The Bertz CT molecular complexity index is 1160. The minimum atomic E-state index is -0.122. The Morgan fingerprint density at radius 1 is 1.11 bits per heavy atom. The van der Waals surface area contributed by atoms with Gasteiger partial charge in [-0.2, -0.15) is 5.26 Å². The molecule has 0 aromatic heterocycles. The standard InChI is InChI=1S/C27H28N4O3.C2H6/c28-16-20-15-21(29-27(33)19-11-14-34-17-19)5-6-22(20)18-9-12-31(13-10-18)25-7-8-26(32)30-24-4-2-1-3-23(24)25;1-2/h1-8,15,18-19,25H,9-14,17H2,(H,29,33)(H,30,32);1-2H3. The lowest BCUT2D eigenvalue weighted by molar-refractivity contribution is -0.119. The van der Waals surface area contributed by atoms with Crippen molar-refractivity contribution < 1.29 is 14.3 Å². The van der Waals surface area contributed by atoms with Gasteiger partial charge in [0.05, 0.1) is 30.2 Å². The van der Waals surface area contributed by atoms with Crippen LogP contribution >= 0.6 is 0 Å². The van der Waals surface area contributed by atoms with Gasteiger partial charge in [0.25, 0.3) is 0 Å². The van der Waals surface area contributed by atoms with E-state index in [1.54, 1.807) is 12.1 Å². The third kappa shape index (κ3) is 5.67. The predicted molar refractivity (Wildman–Crippen MR) is 141 cm³/mol. The van der Waals surface area contributed by atoms with E-state index >= 15 is 0 Å². The molecule has 2 saturated heterocycles. The van der Waals surface area contributed by atoms with Crippen LogP contribution in [-0.4, -0.2) is 43.0 Å². The maximum absolute atomic E-state index is 12.4. The van der Waals surface area contributed by atoms with Crippen LogP contribution in [-0.2, 0) is 14.3 Å². The van der Waals surface area contributed by atoms with Gasteiger partial charge in [0, 0.05) is 24.1 Å². The number of nitrogens with one attached hydrogen (secondary N) is 2. The van der Waals surface area contributed by atoms with Crippen molar-refractivity contribution in [3.8, 4) is 6.07 Å². The second kappa shape index (κ2) is 12.0. The van der Waals surface area contributed by atoms with Crippen molar-refractivity contribution in [1.82, 2.24) is 4.90 Å². The molecule has 7 heteroatoms. The first-order chi connectivity index (χ1) is 17.6. The van der Waals surface area contributed by atoms with Crippen molar-refractivity contribution in [3.05, 3.63) is 71.3 Å². The van der Waals surface area contributed by atoms with Crippen molar-refractivity contribution in [2.24, 2.45) is 5.92 Å². The van der Waals surface area contributed by atoms with Crippen molar-refractivity contribution in [3.63, 3.8) is 0 Å². The Hall–Kier alpha value is -3.47. The molecule has 0 aliphatic carbocycles. The number of amides is 2. The van der Waals surface area contributed by atoms with Crippen molar-refractivity contribution in [2.45, 2.75) is 45.1 Å². The van der Waals surface area contributed by atoms with Crippen LogP contribution in [0.25, 0.3) is 0 Å². The number of carbonyl (C=O) groups excluding carboxylic acids is 2. The van der Waals surface area contributed by atoms with E-state index in [0.717, 1.165) is 49.2 Å². The quantitative estimate of drug-likeness (QED) is 0.635. The Balaban J connectivity index is 0.00000148. The summed E-state index contributed by atoms with van der Waals surface area (Å²) in [5.74, 6) is 0.00938. The molecular weight excluding hydrogens is 452 g/mol. The number of fused-ring (bicyclic) bond motifs is 1. The summed E-state index contributed by atoms with van der Waals surface area (Å²) in [7, 11) is 0. The van der Waals surface area contributed by atoms with E-state index in [2.05, 4.69) is 27.7 Å². The highest BCUT2D eigenvalue weighted by Gasteiger charge is 2.29. The molecule has 5 rings (SSSR count). The monoisotopic (exact) mass is 486 g/mol. The summed E-state index contributed by atoms with van der Waals surface area (Å²) in [5.41, 5.74) is 4.28. The van der Waals surface area contributed by atoms with Crippen LogP contribution in [0.4, 0.5) is 11.4 Å². The summed E-state index contributed by atoms with van der Waals surface area (Å²) >= 11 is 0. The van der Waals surface area contributed by atoms with Crippen LogP contribution in [0.3, 0.4) is 0 Å². The molecule has 3 aliphatic heterocycles. The number of ether oxygens (including phenoxy) is 1. The lowest BCUT2D eigenvalue weighted by Crippen LogP contribution is -2.35. The molecule has 2 N–H and O–H groups in total. The summed E-state index contributed by atoms with van der Waals surface area (Å²) in [4.78, 5) is 26.9. The van der Waals surface area contributed by atoms with E-state index in [-0.39, 0.29) is 29.7 Å². The highest BCUT2D eigenvalue weighted by molar-refractivity contribution is 6.00. The first kappa shape index (κ1) is 25.6. The molecule has 2 aromatic carbocycles. The lowest BCUT2D eigenvalue weighted by atomic mass is 9.85. The van der Waals surface area contributed by atoms with Gasteiger partial charge in [0.15, 0.2) is 0 Å². The van der Waals surface area contributed by atoms with E-state index in [9.17, 15) is 14.9 Å². The Labute approximate surface area is 213 Å². The SMILES string of the molecule is CC.N#Cc1cc(NC(=O)C2CCOC2)ccc1C1CCN(C2C=CC(=O)Nc3ccccc32)CC1. The number of anilines is 2. The minimum Gasteiger partial charge on any atom is -0.381 e. The largest absolute Gasteiger partial charge is 0.381 e. The van der Waals surface area contributed by atoms with Gasteiger partial charge in [-0.3, -0.25) is 14.5 Å². The van der Waals surface area contributed by atoms with Gasteiger partial charge < -0.3 is 15.4 Å². The molecule has 2 aromatic rings. The summed E-state index contributed by atoms with van der Waals surface area (Å²) < 4.78 is 5.30. The summed E-state index contributed by atoms with van der Waals surface area (Å²) in [6, 6.07) is 16.0. The molecular formula is C29H34N4O3. The van der Waals surface area contributed by atoms with E-state index in [1.807, 2.05) is 50.3 Å². The first-order valence-corrected chi connectivity index (χ1v) is 12.9. The van der Waals surface area contributed by atoms with Crippen molar-refractivity contribution in [2.75, 3.05) is 36.9 Å². The first-order valence-electron chi connectivity index (χ1n) is 12.9. The number of carbonyl (C=O) groups is 2. The van der Waals surface area contributed by atoms with Crippen LogP contribution in [0.5, 0.6) is 0 Å². The number of nitrogens with zero attached hydrogens (tertiary/aromatic N) is 2. The summed E-state index contributed by atoms with van der Waals surface area (Å²) in [5, 5.41) is 15.7. The summed E-state index contributed by atoms with van der Waals surface area (Å²) in [6.07, 6.45) is 6.18. The minimum absolute atomic E-state index is 0.0451. The molecule has 0 radical (unpaired) electrons. The van der Waals surface area contributed by atoms with Crippen molar-refractivity contribution in [1.29, 1.82) is 5.26 Å². The maximum atomic E-state index is 12.4. The van der Waals surface area contributed by atoms with Gasteiger partial charge in [-0.05, 0) is 67.6 Å². The molecule has 0 bridgehead atoms. The topological polar surface area (TPSA) is 94.5 Å². The Morgan fingerprint density at radius 3 is 2.61 bits per heavy atom. The molecule has 7 nitrogen and oxygen atoms in total. The molecule has 2 atom stereocenters. The van der Waals surface area contributed by atoms with Gasteiger partial charge in [-0.25, -0.2) is 0 Å². The van der Waals surface area contributed by atoms with Gasteiger partial charge in [0.1, 0.15) is 0 Å². The number of rotatable bonds is 4. The highest BCUT2D eigenvalue weighted by Crippen LogP contribution is 2.37. The number of hydrogen-bond acceptors (Lipinski definition) is 5. The zero-order valence-corrected chi connectivity index (χ0v) is 21.0. The average molecular weight is 487 g/mol. The van der Waals surface area contributed by atoms with Gasteiger partial charge >= 0.3 is 0 Å².